The lowest BCUT2D eigenvalue weighted by Gasteiger charge is -2.14. The molecule has 0 atom stereocenters. The molecule has 3 rings (SSSR count). The van der Waals surface area contributed by atoms with Crippen LogP contribution in [0.15, 0.2) is 60.7 Å². The second kappa shape index (κ2) is 9.72. The summed E-state index contributed by atoms with van der Waals surface area (Å²) in [6.07, 6.45) is 0. The van der Waals surface area contributed by atoms with Crippen molar-refractivity contribution in [3.63, 3.8) is 0 Å². The van der Waals surface area contributed by atoms with Crippen molar-refractivity contribution in [3.05, 3.63) is 87.4 Å². The highest BCUT2D eigenvalue weighted by Gasteiger charge is 2.08. The van der Waals surface area contributed by atoms with Crippen molar-refractivity contribution in [2.75, 3.05) is 11.9 Å². The van der Waals surface area contributed by atoms with E-state index in [-0.39, 0.29) is 0 Å². The summed E-state index contributed by atoms with van der Waals surface area (Å²) in [6, 6.07) is 19.6. The Morgan fingerprint density at radius 1 is 0.857 bits per heavy atom. The summed E-state index contributed by atoms with van der Waals surface area (Å²) < 4.78 is 11.7. The topological polar surface area (TPSA) is 30.5 Å². The van der Waals surface area contributed by atoms with Gasteiger partial charge in [0.15, 0.2) is 11.5 Å². The molecule has 0 heterocycles. The highest BCUT2D eigenvalue weighted by molar-refractivity contribution is 6.31. The van der Waals surface area contributed by atoms with Crippen molar-refractivity contribution in [2.45, 2.75) is 27.0 Å². The van der Waals surface area contributed by atoms with Crippen LogP contribution in [0.5, 0.6) is 11.5 Å². The second-order valence-corrected chi connectivity index (χ2v) is 7.29. The Bertz CT molecular complexity index is 944. The van der Waals surface area contributed by atoms with E-state index >= 15 is 0 Å². The van der Waals surface area contributed by atoms with Crippen LogP contribution in [0.4, 0.5) is 5.69 Å². The summed E-state index contributed by atoms with van der Waals surface area (Å²) in [5, 5.41) is 4.84. The fourth-order valence-electron chi connectivity index (χ4n) is 2.74. The smallest absolute Gasteiger partial charge is 0.161 e. The molecule has 3 aromatic carbocycles. The van der Waals surface area contributed by atoms with Gasteiger partial charge in [0.25, 0.3) is 0 Å². The molecule has 28 heavy (non-hydrogen) atoms. The molecule has 0 aliphatic heterocycles. The van der Waals surface area contributed by atoms with Crippen LogP contribution < -0.4 is 14.8 Å². The predicted octanol–water partition coefficient (Wildman–Crippen LogP) is 6.89. The van der Waals surface area contributed by atoms with Gasteiger partial charge in [0, 0.05) is 22.3 Å². The summed E-state index contributed by atoms with van der Waals surface area (Å²) in [5.41, 5.74) is 4.15. The second-order valence-electron chi connectivity index (χ2n) is 6.45. The largest absolute Gasteiger partial charge is 0.490 e. The maximum Gasteiger partial charge on any atom is 0.161 e. The number of rotatable bonds is 8. The van der Waals surface area contributed by atoms with Crippen molar-refractivity contribution >= 4 is 28.9 Å². The average molecular weight is 416 g/mol. The van der Waals surface area contributed by atoms with Crippen LogP contribution in [-0.2, 0) is 13.2 Å². The Kier molecular flexibility index (Phi) is 7.07. The number of benzene rings is 3. The molecule has 1 N–H and O–H groups in total. The first-order valence-corrected chi connectivity index (χ1v) is 9.93. The quantitative estimate of drug-likeness (QED) is 0.434. The van der Waals surface area contributed by atoms with Crippen LogP contribution in [0, 0.1) is 6.92 Å². The molecule has 0 aliphatic carbocycles. The van der Waals surface area contributed by atoms with E-state index in [2.05, 4.69) is 5.32 Å². The Balaban J connectivity index is 1.68. The molecule has 0 aromatic heterocycles. The van der Waals surface area contributed by atoms with Gasteiger partial charge in [-0.05, 0) is 66.9 Å². The Morgan fingerprint density at radius 2 is 1.71 bits per heavy atom. The number of nitrogens with one attached hydrogen (secondary N) is 1. The van der Waals surface area contributed by atoms with E-state index in [4.69, 9.17) is 32.7 Å². The summed E-state index contributed by atoms with van der Waals surface area (Å²) in [6.45, 7) is 5.61. The van der Waals surface area contributed by atoms with Gasteiger partial charge in [-0.1, -0.05) is 47.5 Å². The minimum absolute atomic E-state index is 0.431. The van der Waals surface area contributed by atoms with Crippen LogP contribution in [0.3, 0.4) is 0 Å². The number of anilines is 1. The third kappa shape index (κ3) is 5.57. The van der Waals surface area contributed by atoms with Crippen molar-refractivity contribution in [3.8, 4) is 11.5 Å². The van der Waals surface area contributed by atoms with Crippen LogP contribution in [0.1, 0.15) is 23.6 Å². The minimum atomic E-state index is 0.431. The van der Waals surface area contributed by atoms with Gasteiger partial charge in [-0.25, -0.2) is 0 Å². The molecule has 0 saturated carbocycles. The third-order valence-electron chi connectivity index (χ3n) is 4.26. The molecular formula is C23H23Cl2NO2. The molecule has 3 aromatic rings. The van der Waals surface area contributed by atoms with Crippen molar-refractivity contribution in [2.24, 2.45) is 0 Å². The standard InChI is InChI=1S/C23H23Cl2NO2/c1-3-27-23-12-17(14-26-20-9-7-16(2)21(25)13-20)8-10-22(23)28-15-18-5-4-6-19(24)11-18/h4-13,26H,3,14-15H2,1-2H3. The molecule has 0 aliphatic rings. The van der Waals surface area contributed by atoms with Crippen LogP contribution in [0.2, 0.25) is 10.0 Å². The van der Waals surface area contributed by atoms with E-state index in [0.717, 1.165) is 33.1 Å². The molecule has 3 nitrogen and oxygen atoms in total. The van der Waals surface area contributed by atoms with Crippen LogP contribution in [-0.4, -0.2) is 6.61 Å². The first kappa shape index (κ1) is 20.4. The zero-order chi connectivity index (χ0) is 19.9. The van der Waals surface area contributed by atoms with Gasteiger partial charge in [0.2, 0.25) is 0 Å². The fourth-order valence-corrected chi connectivity index (χ4v) is 3.14. The van der Waals surface area contributed by atoms with Gasteiger partial charge >= 0.3 is 0 Å². The van der Waals surface area contributed by atoms with Crippen LogP contribution in [0.25, 0.3) is 0 Å². The van der Waals surface area contributed by atoms with Crippen LogP contribution >= 0.6 is 23.2 Å². The van der Waals surface area contributed by atoms with Gasteiger partial charge in [-0.2, -0.15) is 0 Å². The van der Waals surface area contributed by atoms with E-state index in [1.807, 2.05) is 74.5 Å². The molecular weight excluding hydrogens is 393 g/mol. The zero-order valence-electron chi connectivity index (χ0n) is 16.0. The highest BCUT2D eigenvalue weighted by atomic mass is 35.5. The lowest BCUT2D eigenvalue weighted by molar-refractivity contribution is 0.269. The number of aryl methyl sites for hydroxylation is 1. The fraction of sp³-hybridized carbons (Fsp3) is 0.217. The lowest BCUT2D eigenvalue weighted by Crippen LogP contribution is -2.03. The molecule has 0 fully saturated rings. The normalized spacial score (nSPS) is 10.6. The monoisotopic (exact) mass is 415 g/mol. The molecule has 146 valence electrons. The lowest BCUT2D eigenvalue weighted by atomic mass is 10.1. The highest BCUT2D eigenvalue weighted by Crippen LogP contribution is 2.30. The van der Waals surface area contributed by atoms with Gasteiger partial charge in [-0.15, -0.1) is 0 Å². The van der Waals surface area contributed by atoms with E-state index in [1.165, 1.54) is 0 Å². The molecule has 5 heteroatoms. The summed E-state index contributed by atoms with van der Waals surface area (Å²) in [4.78, 5) is 0. The van der Waals surface area contributed by atoms with Gasteiger partial charge in [-0.3, -0.25) is 0 Å². The Labute approximate surface area is 176 Å². The summed E-state index contributed by atoms with van der Waals surface area (Å²) in [7, 11) is 0. The van der Waals surface area contributed by atoms with Gasteiger partial charge < -0.3 is 14.8 Å². The Hall–Kier alpha value is -2.36. The first-order valence-electron chi connectivity index (χ1n) is 9.18. The molecule has 0 radical (unpaired) electrons. The molecule has 0 unspecified atom stereocenters. The zero-order valence-corrected chi connectivity index (χ0v) is 17.5. The summed E-state index contributed by atoms with van der Waals surface area (Å²) >= 11 is 12.2. The minimum Gasteiger partial charge on any atom is -0.490 e. The number of hydrogen-bond donors (Lipinski definition) is 1. The summed E-state index contributed by atoms with van der Waals surface area (Å²) in [5.74, 6) is 1.44. The number of hydrogen-bond acceptors (Lipinski definition) is 3. The molecule has 0 spiro atoms. The third-order valence-corrected chi connectivity index (χ3v) is 4.90. The van der Waals surface area contributed by atoms with Crippen molar-refractivity contribution in [1.29, 1.82) is 0 Å². The van der Waals surface area contributed by atoms with Gasteiger partial charge in [0.1, 0.15) is 6.61 Å². The van der Waals surface area contributed by atoms with E-state index in [0.29, 0.717) is 30.5 Å². The van der Waals surface area contributed by atoms with E-state index in [1.54, 1.807) is 0 Å². The number of ether oxygens (including phenoxy) is 2. The molecule has 0 bridgehead atoms. The van der Waals surface area contributed by atoms with Crippen molar-refractivity contribution in [1.82, 2.24) is 0 Å². The maximum absolute atomic E-state index is 6.19. The molecule has 0 amide bonds. The van der Waals surface area contributed by atoms with E-state index < -0.39 is 0 Å². The molecule has 0 saturated heterocycles. The average Bonchev–Trinajstić information content (AvgIpc) is 2.68. The van der Waals surface area contributed by atoms with E-state index in [9.17, 15) is 0 Å². The van der Waals surface area contributed by atoms with Gasteiger partial charge in [0.05, 0.1) is 6.61 Å². The number of halogens is 2. The van der Waals surface area contributed by atoms with Crippen molar-refractivity contribution < 1.29 is 9.47 Å². The predicted molar refractivity (Wildman–Crippen MR) is 117 cm³/mol. The first-order chi connectivity index (χ1) is 13.5. The Morgan fingerprint density at radius 3 is 2.46 bits per heavy atom. The SMILES string of the molecule is CCOc1cc(CNc2ccc(C)c(Cl)c2)ccc1OCc1cccc(Cl)c1. The maximum atomic E-state index is 6.19.